The molecule has 0 N–H and O–H groups in total. The van der Waals surface area contributed by atoms with E-state index in [0.717, 1.165) is 6.42 Å². The molecule has 0 spiro atoms. The molecule has 0 heterocycles. The Kier molecular flexibility index (Phi) is 13.0. The molecular weight excluding hydrogens is 180 g/mol. The topological polar surface area (TPSA) is 0 Å². The van der Waals surface area contributed by atoms with Gasteiger partial charge in [0.1, 0.15) is 0 Å². The van der Waals surface area contributed by atoms with Crippen LogP contribution in [0.1, 0.15) is 64.7 Å². The lowest BCUT2D eigenvalue weighted by Crippen LogP contribution is -1.73. The Hall–Kier alpha value is -0.520. The van der Waals surface area contributed by atoms with Crippen LogP contribution in [0.5, 0.6) is 0 Å². The van der Waals surface area contributed by atoms with Crippen molar-refractivity contribution in [2.45, 2.75) is 64.7 Å². The molecule has 0 aromatic rings. The summed E-state index contributed by atoms with van der Waals surface area (Å²) in [5.74, 6) is 0. The molecule has 0 aromatic heterocycles. The molecule has 87 valence electrons. The van der Waals surface area contributed by atoms with Gasteiger partial charge in [-0.15, -0.1) is 0 Å². The Morgan fingerprint density at radius 3 is 1.80 bits per heavy atom. The fourth-order valence-electron chi connectivity index (χ4n) is 1.43. The van der Waals surface area contributed by atoms with Gasteiger partial charge < -0.3 is 0 Å². The van der Waals surface area contributed by atoms with E-state index in [1.54, 1.807) is 0 Å². The minimum absolute atomic E-state index is 1.08. The van der Waals surface area contributed by atoms with Gasteiger partial charge in [0.25, 0.3) is 0 Å². The maximum absolute atomic E-state index is 3.84. The highest BCUT2D eigenvalue weighted by Crippen LogP contribution is 2.03. The van der Waals surface area contributed by atoms with Crippen LogP contribution in [-0.2, 0) is 0 Å². The van der Waals surface area contributed by atoms with Crippen LogP contribution in [0.4, 0.5) is 0 Å². The molecular formula is C15H27. The molecule has 0 saturated carbocycles. The SMILES string of the molecule is [CH2]CCCCC=CCCCC=CCCC. The van der Waals surface area contributed by atoms with E-state index in [-0.39, 0.29) is 0 Å². The monoisotopic (exact) mass is 207 g/mol. The second kappa shape index (κ2) is 13.5. The summed E-state index contributed by atoms with van der Waals surface area (Å²) in [5.41, 5.74) is 0. The first-order valence-electron chi connectivity index (χ1n) is 6.51. The molecule has 0 aliphatic carbocycles. The zero-order chi connectivity index (χ0) is 11.2. The predicted octanol–water partition coefficient (Wildman–Crippen LogP) is 5.46. The van der Waals surface area contributed by atoms with E-state index in [0.29, 0.717) is 0 Å². The summed E-state index contributed by atoms with van der Waals surface area (Å²) in [7, 11) is 0. The third kappa shape index (κ3) is 13.5. The van der Waals surface area contributed by atoms with Gasteiger partial charge in [-0.2, -0.15) is 0 Å². The van der Waals surface area contributed by atoms with E-state index in [2.05, 4.69) is 38.2 Å². The molecule has 0 amide bonds. The largest absolute Gasteiger partial charge is 0.0885 e. The summed E-state index contributed by atoms with van der Waals surface area (Å²) in [6, 6.07) is 0. The van der Waals surface area contributed by atoms with Crippen LogP contribution in [-0.4, -0.2) is 0 Å². The number of hydrogen-bond donors (Lipinski definition) is 0. The van der Waals surface area contributed by atoms with Crippen LogP contribution in [0, 0.1) is 6.92 Å². The van der Waals surface area contributed by atoms with Gasteiger partial charge in [0, 0.05) is 0 Å². The normalized spacial score (nSPS) is 11.9. The highest BCUT2D eigenvalue weighted by Gasteiger charge is 1.83. The van der Waals surface area contributed by atoms with E-state index < -0.39 is 0 Å². The Morgan fingerprint density at radius 2 is 1.27 bits per heavy atom. The highest BCUT2D eigenvalue weighted by molar-refractivity contribution is 4.85. The van der Waals surface area contributed by atoms with E-state index >= 15 is 0 Å². The average molecular weight is 207 g/mol. The molecule has 0 aromatic carbocycles. The van der Waals surface area contributed by atoms with E-state index in [1.807, 2.05) is 0 Å². The molecule has 0 heteroatoms. The zero-order valence-electron chi connectivity index (χ0n) is 10.4. The maximum Gasteiger partial charge on any atom is -0.0348 e. The molecule has 0 rings (SSSR count). The molecule has 0 fully saturated rings. The van der Waals surface area contributed by atoms with Crippen LogP contribution in [0.25, 0.3) is 0 Å². The molecule has 0 saturated heterocycles. The van der Waals surface area contributed by atoms with Gasteiger partial charge in [-0.1, -0.05) is 57.4 Å². The van der Waals surface area contributed by atoms with Crippen molar-refractivity contribution in [3.63, 3.8) is 0 Å². The van der Waals surface area contributed by atoms with Crippen molar-refractivity contribution < 1.29 is 0 Å². The third-order valence-corrected chi connectivity index (χ3v) is 2.40. The van der Waals surface area contributed by atoms with Crippen molar-refractivity contribution in [3.8, 4) is 0 Å². The first-order chi connectivity index (χ1) is 7.41. The van der Waals surface area contributed by atoms with Crippen molar-refractivity contribution in [1.29, 1.82) is 0 Å². The second-order valence-electron chi connectivity index (χ2n) is 4.01. The van der Waals surface area contributed by atoms with Crippen molar-refractivity contribution in [2.75, 3.05) is 0 Å². The number of rotatable bonds is 10. The smallest absolute Gasteiger partial charge is 0.0348 e. The van der Waals surface area contributed by atoms with Crippen LogP contribution < -0.4 is 0 Å². The lowest BCUT2D eigenvalue weighted by Gasteiger charge is -1.93. The second-order valence-corrected chi connectivity index (χ2v) is 4.01. The molecule has 0 unspecified atom stereocenters. The summed E-state index contributed by atoms with van der Waals surface area (Å²) in [6.45, 7) is 6.06. The number of hydrogen-bond acceptors (Lipinski definition) is 0. The van der Waals surface area contributed by atoms with Gasteiger partial charge in [0.05, 0.1) is 0 Å². The van der Waals surface area contributed by atoms with Gasteiger partial charge in [-0.05, 0) is 38.5 Å². The van der Waals surface area contributed by atoms with E-state index in [1.165, 1.54) is 51.4 Å². The number of unbranched alkanes of at least 4 members (excludes halogenated alkanes) is 6. The average Bonchev–Trinajstić information content (AvgIpc) is 2.26. The Morgan fingerprint density at radius 1 is 0.733 bits per heavy atom. The van der Waals surface area contributed by atoms with Crippen molar-refractivity contribution in [1.82, 2.24) is 0 Å². The van der Waals surface area contributed by atoms with Crippen molar-refractivity contribution in [2.24, 2.45) is 0 Å². The van der Waals surface area contributed by atoms with E-state index in [4.69, 9.17) is 0 Å². The summed E-state index contributed by atoms with van der Waals surface area (Å²) < 4.78 is 0. The highest BCUT2D eigenvalue weighted by atomic mass is 13.9. The number of allylic oxidation sites excluding steroid dienone is 4. The molecule has 0 aliphatic heterocycles. The van der Waals surface area contributed by atoms with Gasteiger partial charge in [0.15, 0.2) is 0 Å². The van der Waals surface area contributed by atoms with Gasteiger partial charge in [0.2, 0.25) is 0 Å². The predicted molar refractivity (Wildman–Crippen MR) is 70.9 cm³/mol. The molecule has 0 aliphatic rings. The Labute approximate surface area is 96.5 Å². The van der Waals surface area contributed by atoms with Gasteiger partial charge >= 0.3 is 0 Å². The molecule has 0 atom stereocenters. The summed E-state index contributed by atoms with van der Waals surface area (Å²) in [4.78, 5) is 0. The van der Waals surface area contributed by atoms with Crippen LogP contribution in [0.3, 0.4) is 0 Å². The Bertz CT molecular complexity index is 153. The maximum atomic E-state index is 3.84. The minimum atomic E-state index is 1.08. The first kappa shape index (κ1) is 14.5. The summed E-state index contributed by atoms with van der Waals surface area (Å²) in [5, 5.41) is 0. The van der Waals surface area contributed by atoms with E-state index in [9.17, 15) is 0 Å². The lowest BCUT2D eigenvalue weighted by molar-refractivity contribution is 0.757. The zero-order valence-corrected chi connectivity index (χ0v) is 10.4. The molecule has 0 bridgehead atoms. The van der Waals surface area contributed by atoms with Gasteiger partial charge in [-0.25, -0.2) is 0 Å². The summed E-state index contributed by atoms with van der Waals surface area (Å²) >= 11 is 0. The third-order valence-electron chi connectivity index (χ3n) is 2.40. The quantitative estimate of drug-likeness (QED) is 0.329. The summed E-state index contributed by atoms with van der Waals surface area (Å²) in [6.07, 6.45) is 20.4. The standard InChI is InChI=1S/C15H27/c1-3-5-7-9-11-13-15-14-12-10-8-6-4-2/h8,10-11,13H,1,3-7,9,12,14-15H2,2H3. The van der Waals surface area contributed by atoms with Crippen LogP contribution in [0.2, 0.25) is 0 Å². The molecule has 0 nitrogen and oxygen atoms in total. The first-order valence-corrected chi connectivity index (χ1v) is 6.51. The molecule has 1 radical (unpaired) electrons. The fraction of sp³-hybridized carbons (Fsp3) is 0.667. The fourth-order valence-corrected chi connectivity index (χ4v) is 1.43. The van der Waals surface area contributed by atoms with Gasteiger partial charge in [-0.3, -0.25) is 0 Å². The van der Waals surface area contributed by atoms with Crippen LogP contribution >= 0.6 is 0 Å². The minimum Gasteiger partial charge on any atom is -0.0885 e. The molecule has 15 heavy (non-hydrogen) atoms. The van der Waals surface area contributed by atoms with Crippen molar-refractivity contribution >= 4 is 0 Å². The van der Waals surface area contributed by atoms with Crippen molar-refractivity contribution in [3.05, 3.63) is 31.2 Å². The Balaban J connectivity index is 3.09. The lowest BCUT2D eigenvalue weighted by atomic mass is 10.1. The van der Waals surface area contributed by atoms with Crippen LogP contribution in [0.15, 0.2) is 24.3 Å².